The Bertz CT molecular complexity index is 565. The van der Waals surface area contributed by atoms with Gasteiger partial charge in [0, 0.05) is 24.0 Å². The second-order valence-corrected chi connectivity index (χ2v) is 7.07. The van der Waals surface area contributed by atoms with Gasteiger partial charge in [-0.1, -0.05) is 11.6 Å². The molecule has 3 rings (SSSR count). The van der Waals surface area contributed by atoms with Crippen molar-refractivity contribution in [2.24, 2.45) is 0 Å². The van der Waals surface area contributed by atoms with E-state index in [2.05, 4.69) is 10.6 Å². The van der Waals surface area contributed by atoms with Crippen LogP contribution < -0.4 is 10.6 Å². The monoisotopic (exact) mass is 329 g/mol. The highest BCUT2D eigenvalue weighted by atomic mass is 35.5. The Balaban J connectivity index is 1.61. The van der Waals surface area contributed by atoms with Gasteiger partial charge in [-0.2, -0.15) is 0 Å². The molecule has 2 aliphatic heterocycles. The third-order valence-electron chi connectivity index (χ3n) is 3.88. The molecule has 0 aromatic carbocycles. The fourth-order valence-electron chi connectivity index (χ4n) is 2.82. The van der Waals surface area contributed by atoms with Crippen molar-refractivity contribution in [1.29, 1.82) is 0 Å². The zero-order chi connectivity index (χ0) is 15.0. The van der Waals surface area contributed by atoms with Crippen LogP contribution in [0.15, 0.2) is 12.1 Å². The van der Waals surface area contributed by atoms with Crippen molar-refractivity contribution in [3.63, 3.8) is 0 Å². The number of hydrogen-bond acceptors (Lipinski definition) is 5. The summed E-state index contributed by atoms with van der Waals surface area (Å²) in [7, 11) is 0. The van der Waals surface area contributed by atoms with Gasteiger partial charge in [-0.25, -0.2) is 0 Å². The SMILES string of the molecule is O=C1N[C@@H](CO)C(=O)N2C[C@@H](NCc3ccc(Cl)s3)C[C@@H]12. The Morgan fingerprint density at radius 2 is 2.29 bits per heavy atom. The van der Waals surface area contributed by atoms with E-state index in [-0.39, 0.29) is 24.5 Å². The molecule has 3 atom stereocenters. The number of amides is 2. The number of aliphatic hydroxyl groups is 1. The number of halogens is 1. The molecule has 0 unspecified atom stereocenters. The summed E-state index contributed by atoms with van der Waals surface area (Å²) in [6.07, 6.45) is 0.592. The second kappa shape index (κ2) is 5.92. The first-order chi connectivity index (χ1) is 10.1. The van der Waals surface area contributed by atoms with Crippen molar-refractivity contribution in [2.45, 2.75) is 31.1 Å². The van der Waals surface area contributed by atoms with Crippen LogP contribution in [-0.4, -0.2) is 53.1 Å². The molecule has 1 aromatic heterocycles. The lowest BCUT2D eigenvalue weighted by atomic mass is 10.1. The van der Waals surface area contributed by atoms with E-state index in [1.807, 2.05) is 12.1 Å². The highest BCUT2D eigenvalue weighted by molar-refractivity contribution is 7.16. The number of nitrogens with one attached hydrogen (secondary N) is 2. The number of carbonyl (C=O) groups excluding carboxylic acids is 2. The molecule has 2 saturated heterocycles. The third kappa shape index (κ3) is 2.91. The van der Waals surface area contributed by atoms with Crippen molar-refractivity contribution in [1.82, 2.24) is 15.5 Å². The summed E-state index contributed by atoms with van der Waals surface area (Å²) in [5.41, 5.74) is 0. The number of fused-ring (bicyclic) bond motifs is 1. The molecule has 0 aliphatic carbocycles. The van der Waals surface area contributed by atoms with Gasteiger partial charge in [0.25, 0.3) is 0 Å². The van der Waals surface area contributed by atoms with Crippen molar-refractivity contribution < 1.29 is 14.7 Å². The average molecular weight is 330 g/mol. The van der Waals surface area contributed by atoms with Crippen LogP contribution in [0.1, 0.15) is 11.3 Å². The molecule has 114 valence electrons. The standard InChI is InChI=1S/C13H16ClN3O3S/c14-11-2-1-8(21-11)4-15-7-3-10-12(19)16-9(6-18)13(20)17(10)5-7/h1-2,7,9-10,15,18H,3-6H2,(H,16,19)/t7-,9-,10-/m0/s1. The highest BCUT2D eigenvalue weighted by Crippen LogP contribution is 2.24. The minimum Gasteiger partial charge on any atom is -0.394 e. The number of hydrogen-bond donors (Lipinski definition) is 3. The lowest BCUT2D eigenvalue weighted by Crippen LogP contribution is -2.62. The number of rotatable bonds is 4. The van der Waals surface area contributed by atoms with E-state index in [1.54, 1.807) is 4.90 Å². The van der Waals surface area contributed by atoms with Gasteiger partial charge < -0.3 is 20.6 Å². The Kier molecular flexibility index (Phi) is 4.17. The number of nitrogens with zero attached hydrogens (tertiary/aromatic N) is 1. The average Bonchev–Trinajstić information content (AvgIpc) is 3.07. The molecule has 0 radical (unpaired) electrons. The minimum atomic E-state index is -0.802. The Morgan fingerprint density at radius 3 is 2.95 bits per heavy atom. The van der Waals surface area contributed by atoms with Gasteiger partial charge in [-0.3, -0.25) is 9.59 Å². The number of thiophene rings is 1. The predicted molar refractivity (Wildman–Crippen MR) is 79.1 cm³/mol. The fraction of sp³-hybridized carbons (Fsp3) is 0.538. The largest absolute Gasteiger partial charge is 0.394 e. The van der Waals surface area contributed by atoms with Crippen LogP contribution in [0, 0.1) is 0 Å². The molecule has 3 heterocycles. The number of aliphatic hydroxyl groups excluding tert-OH is 1. The van der Waals surface area contributed by atoms with Crippen LogP contribution >= 0.6 is 22.9 Å². The highest BCUT2D eigenvalue weighted by Gasteiger charge is 2.45. The lowest BCUT2D eigenvalue weighted by Gasteiger charge is -2.33. The van der Waals surface area contributed by atoms with E-state index in [0.29, 0.717) is 19.5 Å². The molecule has 0 spiro atoms. The third-order valence-corrected chi connectivity index (χ3v) is 5.11. The number of carbonyl (C=O) groups is 2. The van der Waals surface area contributed by atoms with Crippen molar-refractivity contribution >= 4 is 34.8 Å². The maximum Gasteiger partial charge on any atom is 0.248 e. The van der Waals surface area contributed by atoms with Gasteiger partial charge in [-0.15, -0.1) is 11.3 Å². The first-order valence-electron chi connectivity index (χ1n) is 6.78. The normalized spacial score (nSPS) is 28.7. The Morgan fingerprint density at radius 1 is 1.48 bits per heavy atom. The molecule has 2 aliphatic rings. The van der Waals surface area contributed by atoms with Crippen molar-refractivity contribution in [3.05, 3.63) is 21.3 Å². The van der Waals surface area contributed by atoms with Crippen LogP contribution in [0.4, 0.5) is 0 Å². The molecule has 2 fully saturated rings. The van der Waals surface area contributed by atoms with E-state index in [4.69, 9.17) is 16.7 Å². The zero-order valence-corrected chi connectivity index (χ0v) is 12.8. The molecule has 3 N–H and O–H groups in total. The second-order valence-electron chi connectivity index (χ2n) is 5.27. The zero-order valence-electron chi connectivity index (χ0n) is 11.2. The van der Waals surface area contributed by atoms with Gasteiger partial charge in [0.05, 0.1) is 10.9 Å². The quantitative estimate of drug-likeness (QED) is 0.723. The van der Waals surface area contributed by atoms with Gasteiger partial charge in [-0.05, 0) is 18.6 Å². The van der Waals surface area contributed by atoms with Crippen LogP contribution in [0.3, 0.4) is 0 Å². The number of piperazine rings is 1. The van der Waals surface area contributed by atoms with Gasteiger partial charge in [0.15, 0.2) is 0 Å². The summed E-state index contributed by atoms with van der Waals surface area (Å²) in [6.45, 7) is 0.800. The summed E-state index contributed by atoms with van der Waals surface area (Å²) >= 11 is 7.40. The van der Waals surface area contributed by atoms with E-state index < -0.39 is 12.1 Å². The molecule has 21 heavy (non-hydrogen) atoms. The van der Waals surface area contributed by atoms with Gasteiger partial charge in [0.2, 0.25) is 11.8 Å². The van der Waals surface area contributed by atoms with Crippen molar-refractivity contribution in [3.8, 4) is 0 Å². The molecule has 6 nitrogen and oxygen atoms in total. The smallest absolute Gasteiger partial charge is 0.248 e. The topological polar surface area (TPSA) is 81.7 Å². The Labute approximate surface area is 131 Å². The Hall–Kier alpha value is -1.15. The summed E-state index contributed by atoms with van der Waals surface area (Å²) in [5.74, 6) is -0.386. The first kappa shape index (κ1) is 14.8. The molecule has 8 heteroatoms. The molecule has 2 amide bonds. The van der Waals surface area contributed by atoms with Crippen molar-refractivity contribution in [2.75, 3.05) is 13.2 Å². The maximum atomic E-state index is 12.1. The predicted octanol–water partition coefficient (Wildman–Crippen LogP) is -0.0487. The van der Waals surface area contributed by atoms with Gasteiger partial charge >= 0.3 is 0 Å². The molecular formula is C13H16ClN3O3S. The minimum absolute atomic E-state index is 0.0722. The van der Waals surface area contributed by atoms with Crippen LogP contribution in [0.25, 0.3) is 0 Å². The first-order valence-corrected chi connectivity index (χ1v) is 7.97. The summed E-state index contributed by atoms with van der Waals surface area (Å²) in [5, 5.41) is 15.0. The lowest BCUT2D eigenvalue weighted by molar-refractivity contribution is -0.148. The van der Waals surface area contributed by atoms with Crippen LogP contribution in [0.2, 0.25) is 4.34 Å². The summed E-state index contributed by atoms with van der Waals surface area (Å²) < 4.78 is 0.746. The maximum absolute atomic E-state index is 12.1. The summed E-state index contributed by atoms with van der Waals surface area (Å²) in [4.78, 5) is 26.8. The van der Waals surface area contributed by atoms with Gasteiger partial charge in [0.1, 0.15) is 12.1 Å². The van der Waals surface area contributed by atoms with E-state index in [9.17, 15) is 9.59 Å². The molecular weight excluding hydrogens is 314 g/mol. The molecule has 0 saturated carbocycles. The van der Waals surface area contributed by atoms with E-state index in [0.717, 1.165) is 9.21 Å². The van der Waals surface area contributed by atoms with E-state index in [1.165, 1.54) is 11.3 Å². The summed E-state index contributed by atoms with van der Waals surface area (Å²) in [6, 6.07) is 2.66. The van der Waals surface area contributed by atoms with Crippen LogP contribution in [-0.2, 0) is 16.1 Å². The molecule has 1 aromatic rings. The fourth-order valence-corrected chi connectivity index (χ4v) is 3.86. The molecule has 0 bridgehead atoms. The van der Waals surface area contributed by atoms with Crippen LogP contribution in [0.5, 0.6) is 0 Å². The van der Waals surface area contributed by atoms with E-state index >= 15 is 0 Å².